The zero-order valence-electron chi connectivity index (χ0n) is 20.6. The van der Waals surface area contributed by atoms with Crippen LogP contribution in [0, 0.1) is 0 Å². The highest BCUT2D eigenvalue weighted by Gasteiger charge is 2.33. The highest BCUT2D eigenvalue weighted by atomic mass is 79.9. The summed E-state index contributed by atoms with van der Waals surface area (Å²) in [6.07, 6.45) is 3.20. The van der Waals surface area contributed by atoms with E-state index < -0.39 is 12.0 Å². The molecule has 0 aliphatic carbocycles. The van der Waals surface area contributed by atoms with Crippen molar-refractivity contribution in [1.29, 1.82) is 0 Å². The minimum Gasteiger partial charge on any atom is -0.497 e. The number of thiazole rings is 1. The predicted octanol–water partition coefficient (Wildman–Crippen LogP) is 5.00. The largest absolute Gasteiger partial charge is 0.497 e. The van der Waals surface area contributed by atoms with E-state index in [9.17, 15) is 9.59 Å². The molecule has 9 heteroatoms. The molecule has 38 heavy (non-hydrogen) atoms. The van der Waals surface area contributed by atoms with Crippen molar-refractivity contribution in [2.24, 2.45) is 4.99 Å². The van der Waals surface area contributed by atoms with Gasteiger partial charge in [0.05, 0.1) is 29.0 Å². The highest BCUT2D eigenvalue weighted by Crippen LogP contribution is 2.31. The van der Waals surface area contributed by atoms with Crippen LogP contribution >= 0.6 is 27.3 Å². The molecule has 0 saturated carbocycles. The van der Waals surface area contributed by atoms with Crippen LogP contribution in [0.2, 0.25) is 0 Å². The van der Waals surface area contributed by atoms with Gasteiger partial charge in [0.2, 0.25) is 0 Å². The van der Waals surface area contributed by atoms with Gasteiger partial charge in [-0.05, 0) is 48.9 Å². The summed E-state index contributed by atoms with van der Waals surface area (Å²) in [7, 11) is 1.58. The van der Waals surface area contributed by atoms with Gasteiger partial charge in [0.25, 0.3) is 5.56 Å². The van der Waals surface area contributed by atoms with Crippen LogP contribution in [0.1, 0.15) is 24.3 Å². The Morgan fingerprint density at radius 2 is 1.89 bits per heavy atom. The first-order chi connectivity index (χ1) is 18.4. The lowest BCUT2D eigenvalue weighted by Gasteiger charge is -2.24. The Hall–Kier alpha value is -3.95. The smallest absolute Gasteiger partial charge is 0.338 e. The van der Waals surface area contributed by atoms with Gasteiger partial charge in [0, 0.05) is 16.1 Å². The third kappa shape index (κ3) is 4.94. The molecule has 7 nitrogen and oxygen atoms in total. The molecule has 4 aromatic rings. The Labute approximate surface area is 230 Å². The standard InChI is InChI=1S/C29H23BrN2O5S/c1-4-15-36-28(34)25-17(2)31-29-32(26(25)19-7-11-21(35-3)12-8-19)27(33)24(38-29)16-22-13-14-23(37-22)18-5-9-20(30)10-6-18/h4-14,16,26H,1,15H2,2-3H3. The minimum atomic E-state index is -0.716. The molecular weight excluding hydrogens is 568 g/mol. The van der Waals surface area contributed by atoms with Crippen LogP contribution in [0.25, 0.3) is 17.4 Å². The Morgan fingerprint density at radius 1 is 1.16 bits per heavy atom. The molecular formula is C29H23BrN2O5S. The Balaban J connectivity index is 1.61. The van der Waals surface area contributed by atoms with Gasteiger partial charge in [0.1, 0.15) is 23.9 Å². The van der Waals surface area contributed by atoms with Crippen LogP contribution in [0.3, 0.4) is 0 Å². The van der Waals surface area contributed by atoms with Crippen molar-refractivity contribution in [1.82, 2.24) is 4.57 Å². The molecule has 1 aliphatic heterocycles. The fourth-order valence-electron chi connectivity index (χ4n) is 4.23. The molecule has 0 spiro atoms. The summed E-state index contributed by atoms with van der Waals surface area (Å²) >= 11 is 4.68. The number of nitrogens with zero attached hydrogens (tertiary/aromatic N) is 2. The SMILES string of the molecule is C=CCOC(=O)C1=C(C)N=c2sc(=Cc3ccc(-c4ccc(Br)cc4)o3)c(=O)n2C1c1ccc(OC)cc1. The molecule has 0 saturated heterocycles. The van der Waals surface area contributed by atoms with Crippen LogP contribution in [-0.4, -0.2) is 24.3 Å². The van der Waals surface area contributed by atoms with Crippen molar-refractivity contribution in [2.75, 3.05) is 13.7 Å². The summed E-state index contributed by atoms with van der Waals surface area (Å²) in [5.74, 6) is 1.34. The van der Waals surface area contributed by atoms with E-state index in [1.165, 1.54) is 22.0 Å². The second kappa shape index (κ2) is 10.8. The minimum absolute atomic E-state index is 0.0502. The summed E-state index contributed by atoms with van der Waals surface area (Å²) in [6.45, 7) is 5.41. The van der Waals surface area contributed by atoms with E-state index in [4.69, 9.17) is 13.9 Å². The van der Waals surface area contributed by atoms with Crippen LogP contribution < -0.4 is 19.6 Å². The number of carbonyl (C=O) groups is 1. The second-order valence-electron chi connectivity index (χ2n) is 8.45. The number of halogens is 1. The maximum Gasteiger partial charge on any atom is 0.338 e. The van der Waals surface area contributed by atoms with Crippen molar-refractivity contribution < 1.29 is 18.7 Å². The summed E-state index contributed by atoms with van der Waals surface area (Å²) in [5.41, 5.74) is 2.16. The molecule has 1 aliphatic rings. The molecule has 192 valence electrons. The van der Waals surface area contributed by atoms with Gasteiger partial charge in [-0.15, -0.1) is 0 Å². The predicted molar refractivity (Wildman–Crippen MR) is 150 cm³/mol. The Kier molecular flexibility index (Phi) is 7.31. The molecule has 2 aromatic heterocycles. The molecule has 0 bridgehead atoms. The van der Waals surface area contributed by atoms with E-state index in [1.54, 1.807) is 32.2 Å². The average molecular weight is 591 g/mol. The molecule has 0 N–H and O–H groups in total. The van der Waals surface area contributed by atoms with Gasteiger partial charge in [-0.3, -0.25) is 9.36 Å². The molecule has 0 fully saturated rings. The number of fused-ring (bicyclic) bond motifs is 1. The Bertz CT molecular complexity index is 1730. The van der Waals surface area contributed by atoms with Crippen molar-refractivity contribution >= 4 is 39.3 Å². The van der Waals surface area contributed by atoms with E-state index in [-0.39, 0.29) is 12.2 Å². The van der Waals surface area contributed by atoms with Crippen molar-refractivity contribution in [2.45, 2.75) is 13.0 Å². The van der Waals surface area contributed by atoms with E-state index in [0.717, 1.165) is 15.6 Å². The number of hydrogen-bond acceptors (Lipinski definition) is 7. The summed E-state index contributed by atoms with van der Waals surface area (Å²) in [4.78, 5) is 31.9. The molecule has 0 radical (unpaired) electrons. The van der Waals surface area contributed by atoms with Crippen molar-refractivity contribution in [3.05, 3.63) is 120 Å². The zero-order valence-corrected chi connectivity index (χ0v) is 23.0. The number of esters is 1. The molecule has 1 unspecified atom stereocenters. The van der Waals surface area contributed by atoms with Gasteiger partial charge >= 0.3 is 5.97 Å². The molecule has 0 amide bonds. The lowest BCUT2D eigenvalue weighted by Crippen LogP contribution is -2.39. The number of hydrogen-bond donors (Lipinski definition) is 0. The van der Waals surface area contributed by atoms with Gasteiger partial charge in [-0.2, -0.15) is 0 Å². The second-order valence-corrected chi connectivity index (χ2v) is 10.4. The van der Waals surface area contributed by atoms with E-state index in [1.807, 2.05) is 48.5 Å². The van der Waals surface area contributed by atoms with Crippen LogP contribution in [0.4, 0.5) is 0 Å². The molecule has 1 atom stereocenters. The first-order valence-corrected chi connectivity index (χ1v) is 13.3. The van der Waals surface area contributed by atoms with E-state index >= 15 is 0 Å². The number of rotatable bonds is 7. The normalized spacial score (nSPS) is 15.1. The highest BCUT2D eigenvalue weighted by molar-refractivity contribution is 9.10. The maximum absolute atomic E-state index is 13.7. The third-order valence-electron chi connectivity index (χ3n) is 6.03. The maximum atomic E-state index is 13.7. The lowest BCUT2D eigenvalue weighted by molar-refractivity contribution is -0.138. The summed E-state index contributed by atoms with van der Waals surface area (Å²) in [6, 6.07) is 18.0. The van der Waals surface area contributed by atoms with Gasteiger partial charge in [0.15, 0.2) is 4.80 Å². The topological polar surface area (TPSA) is 83.0 Å². The number of benzene rings is 2. The number of allylic oxidation sites excluding steroid dienone is 1. The first-order valence-electron chi connectivity index (χ1n) is 11.7. The monoisotopic (exact) mass is 590 g/mol. The Morgan fingerprint density at radius 3 is 2.58 bits per heavy atom. The lowest BCUT2D eigenvalue weighted by atomic mass is 9.96. The number of aromatic nitrogens is 1. The molecule has 5 rings (SSSR count). The number of ether oxygens (including phenoxy) is 2. The van der Waals surface area contributed by atoms with Crippen LogP contribution in [0.5, 0.6) is 5.75 Å². The fourth-order valence-corrected chi connectivity index (χ4v) is 5.52. The number of methoxy groups -OCH3 is 1. The quantitative estimate of drug-likeness (QED) is 0.223. The van der Waals surface area contributed by atoms with Crippen LogP contribution in [-0.2, 0) is 9.53 Å². The number of carbonyl (C=O) groups excluding carboxylic acids is 1. The van der Waals surface area contributed by atoms with E-state index in [2.05, 4.69) is 27.5 Å². The fraction of sp³-hybridized carbons (Fsp3) is 0.138. The zero-order chi connectivity index (χ0) is 26.8. The van der Waals surface area contributed by atoms with Crippen molar-refractivity contribution in [3.8, 4) is 17.1 Å². The summed E-state index contributed by atoms with van der Waals surface area (Å²) in [5, 5.41) is 0. The number of furan rings is 1. The van der Waals surface area contributed by atoms with Crippen molar-refractivity contribution in [3.63, 3.8) is 0 Å². The van der Waals surface area contributed by atoms with Gasteiger partial charge in [-0.1, -0.05) is 64.2 Å². The first kappa shape index (κ1) is 25.7. The molecule has 3 heterocycles. The van der Waals surface area contributed by atoms with Gasteiger partial charge in [-0.25, -0.2) is 9.79 Å². The van der Waals surface area contributed by atoms with E-state index in [0.29, 0.717) is 37.9 Å². The third-order valence-corrected chi connectivity index (χ3v) is 7.55. The van der Waals surface area contributed by atoms with Crippen LogP contribution in [0.15, 0.2) is 103 Å². The van der Waals surface area contributed by atoms with Gasteiger partial charge < -0.3 is 13.9 Å². The average Bonchev–Trinajstić information content (AvgIpc) is 3.51. The molecule has 2 aromatic carbocycles. The summed E-state index contributed by atoms with van der Waals surface area (Å²) < 4.78 is 19.6.